The van der Waals surface area contributed by atoms with Crippen molar-refractivity contribution in [2.45, 2.75) is 25.9 Å². The fourth-order valence-corrected chi connectivity index (χ4v) is 3.32. The number of aryl methyl sites for hydroxylation is 2. The predicted molar refractivity (Wildman–Crippen MR) is 95.6 cm³/mol. The Morgan fingerprint density at radius 2 is 2.32 bits per heavy atom. The highest BCUT2D eigenvalue weighted by Gasteiger charge is 2.20. The van der Waals surface area contributed by atoms with Gasteiger partial charge in [0.05, 0.1) is 22.9 Å². The molecule has 1 aliphatic heterocycles. The average Bonchev–Trinajstić information content (AvgIpc) is 3.32. The zero-order chi connectivity index (χ0) is 17.4. The predicted octanol–water partition coefficient (Wildman–Crippen LogP) is 2.56. The van der Waals surface area contributed by atoms with E-state index < -0.39 is 0 Å². The van der Waals surface area contributed by atoms with Crippen LogP contribution in [0.25, 0.3) is 16.9 Å². The van der Waals surface area contributed by atoms with Crippen LogP contribution in [-0.4, -0.2) is 39.1 Å². The Hall–Kier alpha value is -2.60. The summed E-state index contributed by atoms with van der Waals surface area (Å²) < 4.78 is 9.58. The lowest BCUT2D eigenvalue weighted by atomic mass is 10.2. The number of ether oxygens (including phenoxy) is 1. The third-order valence-corrected chi connectivity index (χ3v) is 4.81. The Balaban J connectivity index is 1.68. The maximum absolute atomic E-state index is 12.7. The summed E-state index contributed by atoms with van der Waals surface area (Å²) in [6.45, 7) is 3.31. The van der Waals surface area contributed by atoms with Crippen molar-refractivity contribution in [3.63, 3.8) is 0 Å². The first kappa shape index (κ1) is 15.9. The number of hydrogen-bond donors (Lipinski definition) is 1. The van der Waals surface area contributed by atoms with Gasteiger partial charge in [0.25, 0.3) is 5.91 Å². The van der Waals surface area contributed by atoms with Gasteiger partial charge in [0.15, 0.2) is 0 Å². The van der Waals surface area contributed by atoms with Gasteiger partial charge in [0.1, 0.15) is 11.5 Å². The summed E-state index contributed by atoms with van der Waals surface area (Å²) in [7, 11) is 1.97. The Bertz CT molecular complexity index is 899. The second-order valence-electron chi connectivity index (χ2n) is 6.53. The zero-order valence-electron chi connectivity index (χ0n) is 14.5. The van der Waals surface area contributed by atoms with Crippen LogP contribution in [0, 0.1) is 6.92 Å². The number of fused-ring (bicyclic) bond motifs is 1. The molecule has 4 heterocycles. The number of amides is 1. The lowest BCUT2D eigenvalue weighted by Crippen LogP contribution is -2.31. The molecular weight excluding hydrogens is 316 g/mol. The van der Waals surface area contributed by atoms with Gasteiger partial charge in [-0.3, -0.25) is 4.79 Å². The van der Waals surface area contributed by atoms with Gasteiger partial charge in [-0.1, -0.05) is 6.07 Å². The minimum absolute atomic E-state index is 0.0712. The average molecular weight is 338 g/mol. The molecule has 1 N–H and O–H groups in total. The van der Waals surface area contributed by atoms with E-state index in [1.54, 1.807) is 0 Å². The second-order valence-corrected chi connectivity index (χ2v) is 6.53. The summed E-state index contributed by atoms with van der Waals surface area (Å²) in [6.07, 6.45) is 6.16. The van der Waals surface area contributed by atoms with Gasteiger partial charge in [-0.15, -0.1) is 0 Å². The summed E-state index contributed by atoms with van der Waals surface area (Å²) in [4.78, 5) is 17.3. The summed E-state index contributed by atoms with van der Waals surface area (Å²) in [5.41, 5.74) is 3.32. The summed E-state index contributed by atoms with van der Waals surface area (Å²) in [5.74, 6) is 0.864. The Morgan fingerprint density at radius 1 is 1.44 bits per heavy atom. The summed E-state index contributed by atoms with van der Waals surface area (Å²) in [6, 6.07) is 7.78. The number of rotatable bonds is 4. The van der Waals surface area contributed by atoms with Crippen molar-refractivity contribution in [1.82, 2.24) is 19.3 Å². The van der Waals surface area contributed by atoms with E-state index in [0.29, 0.717) is 12.1 Å². The van der Waals surface area contributed by atoms with Crippen LogP contribution in [0.15, 0.2) is 36.7 Å². The second kappa shape index (κ2) is 6.37. The monoisotopic (exact) mass is 338 g/mol. The molecule has 6 nitrogen and oxygen atoms in total. The van der Waals surface area contributed by atoms with E-state index in [-0.39, 0.29) is 12.0 Å². The van der Waals surface area contributed by atoms with Crippen LogP contribution in [0.5, 0.6) is 0 Å². The molecule has 0 aliphatic carbocycles. The van der Waals surface area contributed by atoms with Gasteiger partial charge < -0.3 is 19.0 Å². The fourth-order valence-electron chi connectivity index (χ4n) is 3.32. The van der Waals surface area contributed by atoms with Gasteiger partial charge in [-0.05, 0) is 38.0 Å². The Kier molecular flexibility index (Phi) is 4.05. The SMILES string of the molecule is Cc1nc(-c2cc(C(=O)NC[C@@H]3CCCO3)c3ccccn23)cn1C. The number of hydrogen-bond acceptors (Lipinski definition) is 3. The molecule has 25 heavy (non-hydrogen) atoms. The molecule has 0 spiro atoms. The molecule has 0 bridgehead atoms. The number of imidazole rings is 1. The molecule has 0 radical (unpaired) electrons. The van der Waals surface area contributed by atoms with Crippen molar-refractivity contribution in [1.29, 1.82) is 0 Å². The summed E-state index contributed by atoms with van der Waals surface area (Å²) >= 11 is 0. The topological polar surface area (TPSA) is 60.6 Å². The molecule has 0 aromatic carbocycles. The van der Waals surface area contributed by atoms with Gasteiger partial charge >= 0.3 is 0 Å². The van der Waals surface area contributed by atoms with E-state index in [9.17, 15) is 4.79 Å². The van der Waals surface area contributed by atoms with E-state index >= 15 is 0 Å². The van der Waals surface area contributed by atoms with E-state index in [0.717, 1.165) is 42.2 Å². The Labute approximate surface area is 146 Å². The minimum Gasteiger partial charge on any atom is -0.376 e. The van der Waals surface area contributed by atoms with Gasteiger partial charge in [0, 0.05) is 32.6 Å². The molecule has 6 heteroatoms. The quantitative estimate of drug-likeness (QED) is 0.795. The molecule has 3 aromatic rings. The maximum Gasteiger partial charge on any atom is 0.253 e. The highest BCUT2D eigenvalue weighted by molar-refractivity contribution is 6.02. The largest absolute Gasteiger partial charge is 0.376 e. The lowest BCUT2D eigenvalue weighted by Gasteiger charge is -2.10. The molecule has 0 saturated carbocycles. The van der Waals surface area contributed by atoms with Crippen LogP contribution in [0.2, 0.25) is 0 Å². The molecular formula is C19H22N4O2. The summed E-state index contributed by atoms with van der Waals surface area (Å²) in [5, 5.41) is 3.01. The van der Waals surface area contributed by atoms with Crippen molar-refractivity contribution < 1.29 is 9.53 Å². The van der Waals surface area contributed by atoms with E-state index in [1.165, 1.54) is 0 Å². The van der Waals surface area contributed by atoms with E-state index in [4.69, 9.17) is 4.74 Å². The number of carbonyl (C=O) groups excluding carboxylic acids is 1. The van der Waals surface area contributed by atoms with Crippen molar-refractivity contribution in [2.24, 2.45) is 7.05 Å². The van der Waals surface area contributed by atoms with Crippen molar-refractivity contribution >= 4 is 11.4 Å². The fraction of sp³-hybridized carbons (Fsp3) is 0.368. The van der Waals surface area contributed by atoms with Crippen LogP contribution in [0.4, 0.5) is 0 Å². The van der Waals surface area contributed by atoms with Crippen LogP contribution < -0.4 is 5.32 Å². The van der Waals surface area contributed by atoms with Gasteiger partial charge in [0.2, 0.25) is 0 Å². The van der Waals surface area contributed by atoms with Gasteiger partial charge in [-0.25, -0.2) is 4.98 Å². The number of carbonyl (C=O) groups is 1. The highest BCUT2D eigenvalue weighted by Crippen LogP contribution is 2.25. The molecule has 3 aromatic heterocycles. The lowest BCUT2D eigenvalue weighted by molar-refractivity contribution is 0.0859. The highest BCUT2D eigenvalue weighted by atomic mass is 16.5. The minimum atomic E-state index is -0.0712. The molecule has 1 amide bonds. The molecule has 130 valence electrons. The van der Waals surface area contributed by atoms with Gasteiger partial charge in [-0.2, -0.15) is 0 Å². The molecule has 1 saturated heterocycles. The third kappa shape index (κ3) is 2.93. The van der Waals surface area contributed by atoms with Crippen molar-refractivity contribution in [3.8, 4) is 11.4 Å². The molecule has 1 aliphatic rings. The molecule has 1 fully saturated rings. The normalized spacial score (nSPS) is 17.3. The molecule has 1 atom stereocenters. The first-order valence-electron chi connectivity index (χ1n) is 8.63. The third-order valence-electron chi connectivity index (χ3n) is 4.81. The molecule has 4 rings (SSSR count). The smallest absolute Gasteiger partial charge is 0.253 e. The van der Waals surface area contributed by atoms with Crippen molar-refractivity contribution in [2.75, 3.05) is 13.2 Å². The first-order valence-corrected chi connectivity index (χ1v) is 8.63. The number of pyridine rings is 1. The Morgan fingerprint density at radius 3 is 3.04 bits per heavy atom. The standard InChI is InChI=1S/C19H22N4O2/c1-13-21-16(12-22(13)2)18-10-15(17-7-3-4-8-23(17)18)19(24)20-11-14-6-5-9-25-14/h3-4,7-8,10,12,14H,5-6,9,11H2,1-2H3,(H,20,24)/t14-/m0/s1. The maximum atomic E-state index is 12.7. The first-order chi connectivity index (χ1) is 12.1. The van der Waals surface area contributed by atoms with E-state index in [1.807, 2.05) is 59.6 Å². The molecule has 0 unspecified atom stereocenters. The number of nitrogens with one attached hydrogen (secondary N) is 1. The number of nitrogens with zero attached hydrogens (tertiary/aromatic N) is 3. The van der Waals surface area contributed by atoms with Crippen LogP contribution in [0.3, 0.4) is 0 Å². The van der Waals surface area contributed by atoms with Crippen LogP contribution in [-0.2, 0) is 11.8 Å². The van der Waals surface area contributed by atoms with Crippen LogP contribution >= 0.6 is 0 Å². The zero-order valence-corrected chi connectivity index (χ0v) is 14.5. The number of aromatic nitrogens is 3. The van der Waals surface area contributed by atoms with E-state index in [2.05, 4.69) is 10.3 Å². The van der Waals surface area contributed by atoms with Crippen LogP contribution in [0.1, 0.15) is 29.0 Å². The van der Waals surface area contributed by atoms with Crippen molar-refractivity contribution in [3.05, 3.63) is 48.0 Å².